The van der Waals surface area contributed by atoms with Crippen LogP contribution in [0.5, 0.6) is 0 Å². The number of nitrogens with two attached hydrogens (primary N) is 1. The van der Waals surface area contributed by atoms with Gasteiger partial charge in [0.25, 0.3) is 5.56 Å². The lowest BCUT2D eigenvalue weighted by Gasteiger charge is -2.08. The maximum Gasteiger partial charge on any atom is 0.271 e. The van der Waals surface area contributed by atoms with Gasteiger partial charge in [-0.3, -0.25) is 9.36 Å². The Hall–Kier alpha value is -1.66. The molecule has 1 aromatic carbocycles. The minimum atomic E-state index is -0.0104. The van der Waals surface area contributed by atoms with Crippen molar-refractivity contribution >= 4 is 43.2 Å². The van der Waals surface area contributed by atoms with Crippen molar-refractivity contribution in [1.82, 2.24) is 9.55 Å². The Balaban J connectivity index is 2.05. The molecule has 0 saturated heterocycles. The van der Waals surface area contributed by atoms with Gasteiger partial charge in [0.15, 0.2) is 0 Å². The van der Waals surface area contributed by atoms with Crippen molar-refractivity contribution < 1.29 is 0 Å². The topological polar surface area (TPSA) is 60.9 Å². The van der Waals surface area contributed by atoms with Crippen LogP contribution >= 0.6 is 27.3 Å². The number of thiophene rings is 1. The van der Waals surface area contributed by atoms with Gasteiger partial charge < -0.3 is 5.73 Å². The summed E-state index contributed by atoms with van der Waals surface area (Å²) in [5, 5.41) is 1.88. The lowest BCUT2D eigenvalue weighted by atomic mass is 10.2. The molecule has 0 aliphatic carbocycles. The van der Waals surface area contributed by atoms with Crippen molar-refractivity contribution in [2.24, 2.45) is 0 Å². The van der Waals surface area contributed by atoms with E-state index in [1.165, 1.54) is 11.3 Å². The van der Waals surface area contributed by atoms with E-state index in [0.29, 0.717) is 16.9 Å². The number of fused-ring (bicyclic) bond motifs is 1. The van der Waals surface area contributed by atoms with E-state index in [-0.39, 0.29) is 5.56 Å². The van der Waals surface area contributed by atoms with Crippen molar-refractivity contribution in [2.45, 2.75) is 6.54 Å². The molecular weight excluding hydrogens is 326 g/mol. The molecule has 3 rings (SSSR count). The van der Waals surface area contributed by atoms with Gasteiger partial charge in [0.05, 0.1) is 18.4 Å². The molecule has 19 heavy (non-hydrogen) atoms. The van der Waals surface area contributed by atoms with Gasteiger partial charge in [0.1, 0.15) is 4.70 Å². The van der Waals surface area contributed by atoms with Crippen LogP contribution in [0, 0.1) is 0 Å². The van der Waals surface area contributed by atoms with E-state index < -0.39 is 0 Å². The lowest BCUT2D eigenvalue weighted by Crippen LogP contribution is -2.20. The molecule has 2 aromatic heterocycles. The van der Waals surface area contributed by atoms with Gasteiger partial charge in [-0.05, 0) is 29.1 Å². The highest BCUT2D eigenvalue weighted by molar-refractivity contribution is 9.10. The average Bonchev–Trinajstić information content (AvgIpc) is 2.85. The number of benzene rings is 1. The van der Waals surface area contributed by atoms with Crippen LogP contribution in [0.15, 0.2) is 45.2 Å². The van der Waals surface area contributed by atoms with Crippen molar-refractivity contribution in [1.29, 1.82) is 0 Å². The van der Waals surface area contributed by atoms with Crippen LogP contribution in [0.2, 0.25) is 0 Å². The van der Waals surface area contributed by atoms with Gasteiger partial charge in [-0.15, -0.1) is 11.3 Å². The molecule has 4 nitrogen and oxygen atoms in total. The summed E-state index contributed by atoms with van der Waals surface area (Å²) >= 11 is 4.88. The Morgan fingerprint density at radius 3 is 3.00 bits per heavy atom. The second-order valence-electron chi connectivity index (χ2n) is 4.16. The molecule has 0 amide bonds. The molecule has 0 saturated carbocycles. The molecule has 0 aliphatic heterocycles. The number of hydrogen-bond donors (Lipinski definition) is 1. The van der Waals surface area contributed by atoms with E-state index in [0.717, 1.165) is 15.6 Å². The number of nitrogen functional groups attached to an aromatic ring is 1. The first kappa shape index (κ1) is 12.4. The predicted octanol–water partition coefficient (Wildman–Crippen LogP) is 2.85. The lowest BCUT2D eigenvalue weighted by molar-refractivity contribution is 0.747. The van der Waals surface area contributed by atoms with E-state index in [2.05, 4.69) is 20.9 Å². The molecule has 6 heteroatoms. The molecule has 3 aromatic rings. The molecule has 2 N–H and O–H groups in total. The van der Waals surface area contributed by atoms with Crippen LogP contribution < -0.4 is 11.3 Å². The summed E-state index contributed by atoms with van der Waals surface area (Å²) < 4.78 is 3.19. The fourth-order valence-corrected chi connectivity index (χ4v) is 3.18. The summed E-state index contributed by atoms with van der Waals surface area (Å²) in [6.45, 7) is 0.473. The minimum Gasteiger partial charge on any atom is -0.399 e. The minimum absolute atomic E-state index is 0.0104. The third-order valence-electron chi connectivity index (χ3n) is 2.85. The summed E-state index contributed by atoms with van der Waals surface area (Å²) in [7, 11) is 0. The molecule has 0 atom stereocenters. The van der Waals surface area contributed by atoms with Gasteiger partial charge in [0.2, 0.25) is 0 Å². The Morgan fingerprint density at radius 2 is 2.21 bits per heavy atom. The second-order valence-corrected chi connectivity index (χ2v) is 5.93. The zero-order chi connectivity index (χ0) is 13.4. The van der Waals surface area contributed by atoms with Crippen LogP contribution in [0.25, 0.3) is 10.2 Å². The molecule has 96 valence electrons. The molecule has 0 fully saturated rings. The van der Waals surface area contributed by atoms with Gasteiger partial charge in [-0.2, -0.15) is 0 Å². The molecule has 0 radical (unpaired) electrons. The van der Waals surface area contributed by atoms with Crippen LogP contribution in [0.3, 0.4) is 0 Å². The largest absolute Gasteiger partial charge is 0.399 e. The zero-order valence-electron chi connectivity index (χ0n) is 9.84. The number of rotatable bonds is 2. The van der Waals surface area contributed by atoms with Crippen molar-refractivity contribution in [2.75, 3.05) is 5.73 Å². The number of hydrogen-bond acceptors (Lipinski definition) is 4. The van der Waals surface area contributed by atoms with Crippen LogP contribution in [0.4, 0.5) is 5.69 Å². The third-order valence-corrected chi connectivity index (χ3v) is 4.48. The smallest absolute Gasteiger partial charge is 0.271 e. The molecule has 0 bridgehead atoms. The van der Waals surface area contributed by atoms with Crippen molar-refractivity contribution in [3.8, 4) is 0 Å². The molecule has 0 unspecified atom stereocenters. The highest BCUT2D eigenvalue weighted by atomic mass is 79.9. The molecule has 0 aliphatic rings. The van der Waals surface area contributed by atoms with E-state index in [1.54, 1.807) is 10.9 Å². The summed E-state index contributed by atoms with van der Waals surface area (Å²) in [6.07, 6.45) is 1.58. The molecular formula is C13H10BrN3OS. The maximum atomic E-state index is 12.3. The maximum absolute atomic E-state index is 12.3. The standard InChI is InChI=1S/C13H10BrN3OS/c14-10-5-9(15)2-1-8(10)6-17-7-16-11-3-4-19-12(11)13(17)18/h1-5,7H,6,15H2. The highest BCUT2D eigenvalue weighted by Gasteiger charge is 2.07. The highest BCUT2D eigenvalue weighted by Crippen LogP contribution is 2.21. The Bertz CT molecular complexity index is 809. The predicted molar refractivity (Wildman–Crippen MR) is 81.5 cm³/mol. The summed E-state index contributed by atoms with van der Waals surface area (Å²) in [5.74, 6) is 0. The first-order valence-corrected chi connectivity index (χ1v) is 7.29. The van der Waals surface area contributed by atoms with Gasteiger partial charge in [0, 0.05) is 10.2 Å². The van der Waals surface area contributed by atoms with Gasteiger partial charge in [-0.1, -0.05) is 22.0 Å². The number of anilines is 1. The van der Waals surface area contributed by atoms with E-state index in [4.69, 9.17) is 5.73 Å². The van der Waals surface area contributed by atoms with Gasteiger partial charge in [-0.25, -0.2) is 4.98 Å². The number of halogens is 1. The number of aromatic nitrogens is 2. The van der Waals surface area contributed by atoms with Crippen LogP contribution in [-0.4, -0.2) is 9.55 Å². The quantitative estimate of drug-likeness (QED) is 0.732. The molecule has 2 heterocycles. The zero-order valence-corrected chi connectivity index (χ0v) is 12.2. The van der Waals surface area contributed by atoms with Crippen molar-refractivity contribution in [3.05, 3.63) is 56.4 Å². The average molecular weight is 336 g/mol. The second kappa shape index (κ2) is 4.79. The van der Waals surface area contributed by atoms with E-state index in [9.17, 15) is 4.79 Å². The van der Waals surface area contributed by atoms with Crippen LogP contribution in [-0.2, 0) is 6.54 Å². The first-order valence-electron chi connectivity index (χ1n) is 5.62. The summed E-state index contributed by atoms with van der Waals surface area (Å²) in [5.41, 5.74) is 8.13. The summed E-state index contributed by atoms with van der Waals surface area (Å²) in [6, 6.07) is 7.41. The van der Waals surface area contributed by atoms with E-state index >= 15 is 0 Å². The Labute approximate surface area is 121 Å². The summed E-state index contributed by atoms with van der Waals surface area (Å²) in [4.78, 5) is 16.5. The van der Waals surface area contributed by atoms with Crippen molar-refractivity contribution in [3.63, 3.8) is 0 Å². The molecule has 0 spiro atoms. The van der Waals surface area contributed by atoms with Crippen LogP contribution in [0.1, 0.15) is 5.56 Å². The third kappa shape index (κ3) is 2.29. The van der Waals surface area contributed by atoms with E-state index in [1.807, 2.05) is 29.6 Å². The van der Waals surface area contributed by atoms with Gasteiger partial charge >= 0.3 is 0 Å². The Morgan fingerprint density at radius 1 is 1.37 bits per heavy atom. The normalized spacial score (nSPS) is 11.0. The fourth-order valence-electron chi connectivity index (χ4n) is 1.87. The Kier molecular flexibility index (Phi) is 3.12. The SMILES string of the molecule is Nc1ccc(Cn2cnc3ccsc3c2=O)c(Br)c1. The first-order chi connectivity index (χ1) is 9.15. The fraction of sp³-hybridized carbons (Fsp3) is 0.0769. The monoisotopic (exact) mass is 335 g/mol. The number of nitrogens with zero attached hydrogens (tertiary/aromatic N) is 2.